The Labute approximate surface area is 89.0 Å². The number of aliphatic hydroxyl groups is 1. The molecule has 14 heavy (non-hydrogen) atoms. The summed E-state index contributed by atoms with van der Waals surface area (Å²) >= 11 is 1.67. The van der Waals surface area contributed by atoms with E-state index in [0.717, 1.165) is 23.5 Å². The molecule has 1 aromatic rings. The molecule has 0 aliphatic heterocycles. The second-order valence-electron chi connectivity index (χ2n) is 4.27. The van der Waals surface area contributed by atoms with E-state index in [1.165, 1.54) is 12.8 Å². The van der Waals surface area contributed by atoms with Crippen LogP contribution in [0.15, 0.2) is 5.38 Å². The highest BCUT2D eigenvalue weighted by Crippen LogP contribution is 2.43. The molecule has 0 saturated heterocycles. The third kappa shape index (κ3) is 1.98. The van der Waals surface area contributed by atoms with Gasteiger partial charge in [-0.3, -0.25) is 0 Å². The maximum absolute atomic E-state index is 10.4. The van der Waals surface area contributed by atoms with Crippen LogP contribution in [-0.2, 0) is 6.42 Å². The highest BCUT2D eigenvalue weighted by molar-refractivity contribution is 7.09. The summed E-state index contributed by atoms with van der Waals surface area (Å²) in [5, 5.41) is 13.5. The molecule has 1 atom stereocenters. The van der Waals surface area contributed by atoms with Crippen molar-refractivity contribution in [3.63, 3.8) is 0 Å². The number of nitrogens with zero attached hydrogens (tertiary/aromatic N) is 1. The van der Waals surface area contributed by atoms with Crippen molar-refractivity contribution in [1.82, 2.24) is 4.98 Å². The number of thiazole rings is 1. The molecule has 0 spiro atoms. The molecular formula is C11H17NOS. The molecule has 1 aliphatic rings. The monoisotopic (exact) mass is 211 g/mol. The summed E-state index contributed by atoms with van der Waals surface area (Å²) in [5.74, 6) is 0.523. The largest absolute Gasteiger partial charge is 0.389 e. The van der Waals surface area contributed by atoms with Crippen molar-refractivity contribution < 1.29 is 5.11 Å². The summed E-state index contributed by atoms with van der Waals surface area (Å²) < 4.78 is 0. The first-order valence-corrected chi connectivity index (χ1v) is 6.15. The van der Waals surface area contributed by atoms with Gasteiger partial charge in [0.2, 0.25) is 0 Å². The normalized spacial score (nSPS) is 20.8. The standard InChI is InChI=1S/C11H17NOS/c1-3-11(13,9-4-5-9)6-10-7-14-8(2)12-10/h7,9,13H,3-6H2,1-2H3. The predicted octanol–water partition coefficient (Wildman–Crippen LogP) is 2.55. The first kappa shape index (κ1) is 10.1. The van der Waals surface area contributed by atoms with Crippen molar-refractivity contribution in [3.05, 3.63) is 16.1 Å². The van der Waals surface area contributed by atoms with Gasteiger partial charge in [0, 0.05) is 11.8 Å². The van der Waals surface area contributed by atoms with Crippen LogP contribution in [0.25, 0.3) is 0 Å². The summed E-state index contributed by atoms with van der Waals surface area (Å²) in [6.45, 7) is 4.08. The first-order valence-electron chi connectivity index (χ1n) is 5.27. The molecule has 0 radical (unpaired) electrons. The molecule has 1 N–H and O–H groups in total. The van der Waals surface area contributed by atoms with Crippen molar-refractivity contribution in [1.29, 1.82) is 0 Å². The van der Waals surface area contributed by atoms with Crippen molar-refractivity contribution in [2.75, 3.05) is 0 Å². The Kier molecular flexibility index (Phi) is 2.62. The maximum Gasteiger partial charge on any atom is 0.0897 e. The second kappa shape index (κ2) is 3.63. The van der Waals surface area contributed by atoms with Gasteiger partial charge in [0.25, 0.3) is 0 Å². The zero-order chi connectivity index (χ0) is 10.2. The molecule has 3 heteroatoms. The van der Waals surface area contributed by atoms with E-state index in [2.05, 4.69) is 17.3 Å². The second-order valence-corrected chi connectivity index (χ2v) is 5.33. The highest BCUT2D eigenvalue weighted by atomic mass is 32.1. The van der Waals surface area contributed by atoms with Crippen LogP contribution < -0.4 is 0 Å². The van der Waals surface area contributed by atoms with Gasteiger partial charge in [-0.1, -0.05) is 6.92 Å². The molecule has 0 bridgehead atoms. The van der Waals surface area contributed by atoms with Crippen LogP contribution in [0.4, 0.5) is 0 Å². The Morgan fingerprint density at radius 1 is 1.64 bits per heavy atom. The van der Waals surface area contributed by atoms with Gasteiger partial charge in [0.15, 0.2) is 0 Å². The van der Waals surface area contributed by atoms with Crippen LogP contribution in [0.3, 0.4) is 0 Å². The quantitative estimate of drug-likeness (QED) is 0.830. The maximum atomic E-state index is 10.4. The summed E-state index contributed by atoms with van der Waals surface area (Å²) in [7, 11) is 0. The fraction of sp³-hybridized carbons (Fsp3) is 0.727. The van der Waals surface area contributed by atoms with E-state index in [4.69, 9.17) is 0 Å². The molecule has 1 saturated carbocycles. The van der Waals surface area contributed by atoms with Crippen molar-refractivity contribution in [3.8, 4) is 0 Å². The third-order valence-electron chi connectivity index (χ3n) is 3.10. The Bertz CT molecular complexity index is 319. The predicted molar refractivity (Wildman–Crippen MR) is 58.5 cm³/mol. The van der Waals surface area contributed by atoms with Gasteiger partial charge in [-0.05, 0) is 32.1 Å². The van der Waals surface area contributed by atoms with Crippen molar-refractivity contribution in [2.24, 2.45) is 5.92 Å². The van der Waals surface area contributed by atoms with E-state index in [9.17, 15) is 5.11 Å². The highest BCUT2D eigenvalue weighted by Gasteiger charge is 2.42. The van der Waals surface area contributed by atoms with Gasteiger partial charge in [0.1, 0.15) is 0 Å². The van der Waals surface area contributed by atoms with Gasteiger partial charge in [0.05, 0.1) is 16.3 Å². The molecule has 1 aromatic heterocycles. The van der Waals surface area contributed by atoms with Gasteiger partial charge >= 0.3 is 0 Å². The van der Waals surface area contributed by atoms with E-state index >= 15 is 0 Å². The fourth-order valence-corrected chi connectivity index (χ4v) is 2.59. The summed E-state index contributed by atoms with van der Waals surface area (Å²) in [4.78, 5) is 4.41. The van der Waals surface area contributed by atoms with E-state index in [1.807, 2.05) is 6.92 Å². The zero-order valence-corrected chi connectivity index (χ0v) is 9.60. The van der Waals surface area contributed by atoms with Crippen LogP contribution >= 0.6 is 11.3 Å². The van der Waals surface area contributed by atoms with E-state index < -0.39 is 5.60 Å². The first-order chi connectivity index (χ1) is 6.64. The van der Waals surface area contributed by atoms with Crippen LogP contribution in [0.5, 0.6) is 0 Å². The molecule has 1 fully saturated rings. The molecule has 1 heterocycles. The van der Waals surface area contributed by atoms with Gasteiger partial charge in [-0.15, -0.1) is 11.3 Å². The summed E-state index contributed by atoms with van der Waals surface area (Å²) in [5.41, 5.74) is 0.573. The number of hydrogen-bond donors (Lipinski definition) is 1. The lowest BCUT2D eigenvalue weighted by Crippen LogP contribution is -2.33. The Morgan fingerprint density at radius 3 is 2.79 bits per heavy atom. The Balaban J connectivity index is 2.07. The van der Waals surface area contributed by atoms with Crippen LogP contribution in [-0.4, -0.2) is 15.7 Å². The lowest BCUT2D eigenvalue weighted by molar-refractivity contribution is 0.0131. The lowest BCUT2D eigenvalue weighted by atomic mass is 9.90. The van der Waals surface area contributed by atoms with Crippen LogP contribution in [0, 0.1) is 12.8 Å². The van der Waals surface area contributed by atoms with Crippen molar-refractivity contribution >= 4 is 11.3 Å². The Morgan fingerprint density at radius 2 is 2.36 bits per heavy atom. The van der Waals surface area contributed by atoms with Crippen LogP contribution in [0.1, 0.15) is 36.9 Å². The minimum Gasteiger partial charge on any atom is -0.389 e. The van der Waals surface area contributed by atoms with Crippen LogP contribution in [0.2, 0.25) is 0 Å². The molecule has 1 aliphatic carbocycles. The third-order valence-corrected chi connectivity index (χ3v) is 3.93. The zero-order valence-electron chi connectivity index (χ0n) is 8.79. The molecule has 78 valence electrons. The number of aryl methyl sites for hydroxylation is 1. The molecule has 2 nitrogen and oxygen atoms in total. The van der Waals surface area contributed by atoms with Crippen molar-refractivity contribution in [2.45, 2.75) is 45.1 Å². The van der Waals surface area contributed by atoms with E-state index in [1.54, 1.807) is 11.3 Å². The van der Waals surface area contributed by atoms with E-state index in [0.29, 0.717) is 5.92 Å². The molecule has 2 rings (SSSR count). The molecule has 0 amide bonds. The SMILES string of the molecule is CCC(O)(Cc1csc(C)n1)C1CC1. The lowest BCUT2D eigenvalue weighted by Gasteiger charge is -2.25. The smallest absolute Gasteiger partial charge is 0.0897 e. The van der Waals surface area contributed by atoms with Gasteiger partial charge in [-0.25, -0.2) is 4.98 Å². The average molecular weight is 211 g/mol. The molecule has 1 unspecified atom stereocenters. The number of rotatable bonds is 4. The topological polar surface area (TPSA) is 33.1 Å². The molecular weight excluding hydrogens is 194 g/mol. The van der Waals surface area contributed by atoms with E-state index in [-0.39, 0.29) is 0 Å². The molecule has 0 aromatic carbocycles. The van der Waals surface area contributed by atoms with Gasteiger partial charge < -0.3 is 5.11 Å². The summed E-state index contributed by atoms with van der Waals surface area (Å²) in [6, 6.07) is 0. The number of aromatic nitrogens is 1. The van der Waals surface area contributed by atoms with Gasteiger partial charge in [-0.2, -0.15) is 0 Å². The fourth-order valence-electron chi connectivity index (χ4n) is 1.98. The minimum atomic E-state index is -0.486. The number of hydrogen-bond acceptors (Lipinski definition) is 3. The summed E-state index contributed by atoms with van der Waals surface area (Å²) in [6.07, 6.45) is 3.95. The Hall–Kier alpha value is -0.410. The minimum absolute atomic E-state index is 0.486. The average Bonchev–Trinajstić information content (AvgIpc) is 2.93.